The Morgan fingerprint density at radius 1 is 0.600 bits per heavy atom. The second-order valence-electron chi connectivity index (χ2n) is 14.9. The fourth-order valence-corrected chi connectivity index (χ4v) is 4.03. The van der Waals surface area contributed by atoms with E-state index in [2.05, 4.69) is 36.9 Å². The lowest BCUT2D eigenvalue weighted by atomic mass is 10.2. The van der Waals surface area contributed by atoms with Gasteiger partial charge in [-0.1, -0.05) is 12.8 Å². The molecule has 0 heterocycles. The summed E-state index contributed by atoms with van der Waals surface area (Å²) >= 11 is 0. The number of ether oxygens (including phenoxy) is 4. The van der Waals surface area contributed by atoms with Crippen LogP contribution in [0.15, 0.2) is 4.99 Å². The molecule has 0 aromatic rings. The van der Waals surface area contributed by atoms with E-state index in [9.17, 15) is 24.0 Å². The Labute approximate surface area is 298 Å². The van der Waals surface area contributed by atoms with Gasteiger partial charge in [-0.25, -0.2) is 14.4 Å². The first kappa shape index (κ1) is 46.3. The molecule has 0 rings (SSSR count). The molecule has 0 spiro atoms. The molecule has 0 aliphatic rings. The summed E-state index contributed by atoms with van der Waals surface area (Å²) in [5.41, 5.74) is -1.99. The number of rotatable bonds is 19. The van der Waals surface area contributed by atoms with Crippen LogP contribution < -0.4 is 31.9 Å². The van der Waals surface area contributed by atoms with E-state index < -0.39 is 53.0 Å². The van der Waals surface area contributed by atoms with Gasteiger partial charge in [0.2, 0.25) is 12.1 Å². The predicted octanol–water partition coefficient (Wildman–Crippen LogP) is 3.87. The number of hydrogen-bond acceptors (Lipinski definition) is 11. The molecule has 0 aliphatic carbocycles. The molecule has 0 aliphatic heterocycles. The van der Waals surface area contributed by atoms with E-state index in [1.165, 1.54) is 7.11 Å². The number of guanidine groups is 1. The van der Waals surface area contributed by atoms with E-state index in [0.29, 0.717) is 32.5 Å². The molecule has 16 heteroatoms. The third-order valence-corrected chi connectivity index (χ3v) is 6.20. The number of nitrogens with one attached hydrogen (secondary N) is 6. The van der Waals surface area contributed by atoms with Gasteiger partial charge >= 0.3 is 18.3 Å². The molecule has 0 saturated carbocycles. The van der Waals surface area contributed by atoms with Gasteiger partial charge < -0.3 is 40.2 Å². The first-order valence-corrected chi connectivity index (χ1v) is 17.4. The molecule has 0 radical (unpaired) electrons. The maximum atomic E-state index is 12.5. The zero-order valence-corrected chi connectivity index (χ0v) is 32.3. The van der Waals surface area contributed by atoms with Crippen molar-refractivity contribution in [3.8, 4) is 0 Å². The molecule has 16 nitrogen and oxygen atoms in total. The summed E-state index contributed by atoms with van der Waals surface area (Å²) in [6.45, 7) is 20.3. The van der Waals surface area contributed by atoms with E-state index in [1.807, 2.05) is 27.7 Å². The minimum atomic E-state index is -1.24. The molecule has 0 aromatic heterocycles. The van der Waals surface area contributed by atoms with Crippen LogP contribution in [0.2, 0.25) is 0 Å². The van der Waals surface area contributed by atoms with E-state index in [-0.39, 0.29) is 12.0 Å². The number of nitrogens with zero attached hydrogens (tertiary/aromatic N) is 1. The van der Waals surface area contributed by atoms with Gasteiger partial charge in [-0.2, -0.15) is 0 Å². The van der Waals surface area contributed by atoms with E-state index in [1.54, 1.807) is 41.5 Å². The number of methoxy groups -OCH3 is 1. The summed E-state index contributed by atoms with van der Waals surface area (Å²) in [6, 6.07) is -0.0282. The van der Waals surface area contributed by atoms with Crippen molar-refractivity contribution >= 4 is 36.1 Å². The van der Waals surface area contributed by atoms with Gasteiger partial charge in [0.1, 0.15) is 16.8 Å². The standard InChI is InChI=1S/C34H65N7O9/c1-24(39-29(44)48-32(2,3)4)18-23-35-19-16-17-21-37-27(43)25(47-11)26(42)36-20-14-12-13-15-22-38-28(40-30(45)49-33(5,6)7)41-31(46)50-34(8,9)10/h24-25,35H,12-23H2,1-11H3,(H,36,42)(H,37,43)(H,39,44)(H2,38,40,41,45,46). The van der Waals surface area contributed by atoms with Crippen LogP contribution in [0, 0.1) is 0 Å². The van der Waals surface area contributed by atoms with Crippen LogP contribution >= 0.6 is 0 Å². The average Bonchev–Trinajstić information content (AvgIpc) is 2.92. The molecule has 290 valence electrons. The molecule has 0 aromatic carbocycles. The van der Waals surface area contributed by atoms with Crippen LogP contribution in [-0.4, -0.2) is 105 Å². The molecule has 0 fully saturated rings. The van der Waals surface area contributed by atoms with Crippen molar-refractivity contribution in [2.75, 3.05) is 39.8 Å². The summed E-state index contributed by atoms with van der Waals surface area (Å²) in [7, 11) is 1.32. The summed E-state index contributed by atoms with van der Waals surface area (Å²) in [4.78, 5) is 65.5. The van der Waals surface area contributed by atoms with Crippen molar-refractivity contribution in [3.05, 3.63) is 0 Å². The van der Waals surface area contributed by atoms with Gasteiger partial charge in [-0.15, -0.1) is 0 Å². The van der Waals surface area contributed by atoms with Crippen molar-refractivity contribution in [1.29, 1.82) is 0 Å². The first-order valence-electron chi connectivity index (χ1n) is 17.4. The lowest BCUT2D eigenvalue weighted by molar-refractivity contribution is -0.143. The van der Waals surface area contributed by atoms with Crippen molar-refractivity contribution in [1.82, 2.24) is 31.9 Å². The Kier molecular flexibility index (Phi) is 22.0. The Morgan fingerprint density at radius 2 is 1.04 bits per heavy atom. The summed E-state index contributed by atoms with van der Waals surface area (Å²) in [6.07, 6.45) is 2.00. The van der Waals surface area contributed by atoms with Gasteiger partial charge in [-0.3, -0.25) is 25.2 Å². The molecule has 5 amide bonds. The van der Waals surface area contributed by atoms with Crippen LogP contribution in [0.25, 0.3) is 0 Å². The third kappa shape index (κ3) is 27.2. The Balaban J connectivity index is 4.31. The van der Waals surface area contributed by atoms with E-state index in [0.717, 1.165) is 45.2 Å². The fraction of sp³-hybridized carbons (Fsp3) is 0.824. The zero-order chi connectivity index (χ0) is 38.4. The average molecular weight is 716 g/mol. The van der Waals surface area contributed by atoms with Gasteiger partial charge in [0.25, 0.3) is 11.8 Å². The van der Waals surface area contributed by atoms with Gasteiger partial charge in [0.15, 0.2) is 0 Å². The highest BCUT2D eigenvalue weighted by Crippen LogP contribution is 2.09. The Bertz CT molecular complexity index is 1050. The number of hydrogen-bond donors (Lipinski definition) is 6. The molecular weight excluding hydrogens is 650 g/mol. The van der Waals surface area contributed by atoms with Gasteiger partial charge in [0, 0.05) is 32.8 Å². The zero-order valence-electron chi connectivity index (χ0n) is 32.3. The third-order valence-electron chi connectivity index (χ3n) is 6.20. The first-order chi connectivity index (χ1) is 23.1. The number of carbonyl (C=O) groups is 5. The van der Waals surface area contributed by atoms with E-state index >= 15 is 0 Å². The largest absolute Gasteiger partial charge is 0.444 e. The Morgan fingerprint density at radius 3 is 1.52 bits per heavy atom. The predicted molar refractivity (Wildman–Crippen MR) is 192 cm³/mol. The maximum absolute atomic E-state index is 12.5. The summed E-state index contributed by atoms with van der Waals surface area (Å²) < 4.78 is 20.9. The molecule has 2 atom stereocenters. The highest BCUT2D eigenvalue weighted by atomic mass is 16.6. The summed E-state index contributed by atoms with van der Waals surface area (Å²) in [5.74, 6) is -1.07. The minimum Gasteiger partial charge on any atom is -0.444 e. The van der Waals surface area contributed by atoms with Crippen molar-refractivity contribution < 1.29 is 42.9 Å². The highest BCUT2D eigenvalue weighted by Gasteiger charge is 2.26. The van der Waals surface area contributed by atoms with Crippen LogP contribution in [0.4, 0.5) is 14.4 Å². The van der Waals surface area contributed by atoms with Crippen LogP contribution in [0.1, 0.15) is 114 Å². The highest BCUT2D eigenvalue weighted by molar-refractivity contribution is 6.03. The maximum Gasteiger partial charge on any atom is 0.414 e. The van der Waals surface area contributed by atoms with Crippen molar-refractivity contribution in [3.63, 3.8) is 0 Å². The SMILES string of the molecule is COC(C(=O)NCCCCCCN=C(NC(=O)OC(C)(C)C)NC(=O)OC(C)(C)C)C(=O)NCCCCNCCC(C)NC(=O)OC(C)(C)C. The quantitative estimate of drug-likeness (QED) is 0.0374. The second-order valence-corrected chi connectivity index (χ2v) is 14.9. The van der Waals surface area contributed by atoms with Crippen molar-refractivity contribution in [2.24, 2.45) is 4.99 Å². The number of amides is 5. The number of carbonyl (C=O) groups excluding carboxylic acids is 5. The smallest absolute Gasteiger partial charge is 0.414 e. The molecule has 6 N–H and O–H groups in total. The molecule has 2 unspecified atom stereocenters. The minimum absolute atomic E-state index is 0.0282. The lowest BCUT2D eigenvalue weighted by Gasteiger charge is -2.22. The number of unbranched alkanes of at least 4 members (excludes halogenated alkanes) is 4. The van der Waals surface area contributed by atoms with Crippen LogP contribution in [0.5, 0.6) is 0 Å². The molecule has 0 saturated heterocycles. The summed E-state index contributed by atoms with van der Waals surface area (Å²) in [5, 5.41) is 16.5. The number of alkyl carbamates (subject to hydrolysis) is 3. The Hall–Kier alpha value is -3.66. The lowest BCUT2D eigenvalue weighted by Crippen LogP contribution is -2.47. The van der Waals surface area contributed by atoms with Crippen LogP contribution in [-0.2, 0) is 28.5 Å². The van der Waals surface area contributed by atoms with E-state index in [4.69, 9.17) is 18.9 Å². The normalized spacial score (nSPS) is 12.9. The fourth-order valence-electron chi connectivity index (χ4n) is 4.03. The number of aliphatic imine (C=N–C) groups is 1. The van der Waals surface area contributed by atoms with Gasteiger partial charge in [0.05, 0.1) is 0 Å². The monoisotopic (exact) mass is 715 g/mol. The van der Waals surface area contributed by atoms with Crippen LogP contribution in [0.3, 0.4) is 0 Å². The molecular formula is C34H65N7O9. The topological polar surface area (TPSA) is 207 Å². The van der Waals surface area contributed by atoms with Crippen molar-refractivity contribution in [2.45, 2.75) is 143 Å². The second kappa shape index (κ2) is 23.7. The molecule has 0 bridgehead atoms. The van der Waals surface area contributed by atoms with Gasteiger partial charge in [-0.05, 0) is 114 Å². The molecule has 50 heavy (non-hydrogen) atoms.